The maximum Gasteiger partial charge on any atom is 0.220 e. The third-order valence-corrected chi connectivity index (χ3v) is 5.46. The van der Waals surface area contributed by atoms with Crippen LogP contribution in [0.2, 0.25) is 0 Å². The summed E-state index contributed by atoms with van der Waals surface area (Å²) < 4.78 is 13.8. The van der Waals surface area contributed by atoms with Gasteiger partial charge in [-0.1, -0.05) is 12.1 Å². The van der Waals surface area contributed by atoms with Gasteiger partial charge >= 0.3 is 0 Å². The molecule has 5 heteroatoms. The van der Waals surface area contributed by atoms with Crippen molar-refractivity contribution in [1.82, 2.24) is 10.6 Å². The predicted molar refractivity (Wildman–Crippen MR) is 82.8 cm³/mol. The number of carbonyl (C=O) groups excluding carboxylic acids is 1. The van der Waals surface area contributed by atoms with Crippen molar-refractivity contribution in [2.24, 2.45) is 5.92 Å². The minimum atomic E-state index is -0.173. The Morgan fingerprint density at radius 3 is 3.14 bits per heavy atom. The number of hydrogen-bond acceptors (Lipinski definition) is 3. The molecule has 1 amide bonds. The SMILES string of the molecule is O=C(CCC1CCNC1)NC1CCSc2c(F)cccc21. The second kappa shape index (κ2) is 6.79. The molecular formula is C16H21FN2OS. The van der Waals surface area contributed by atoms with Crippen LogP contribution in [0.15, 0.2) is 23.1 Å². The van der Waals surface area contributed by atoms with E-state index in [-0.39, 0.29) is 17.8 Å². The van der Waals surface area contributed by atoms with Gasteiger partial charge in [0.05, 0.1) is 6.04 Å². The van der Waals surface area contributed by atoms with Gasteiger partial charge in [-0.3, -0.25) is 4.79 Å². The zero-order chi connectivity index (χ0) is 14.7. The first-order chi connectivity index (χ1) is 10.2. The number of benzene rings is 1. The number of thioether (sulfide) groups is 1. The van der Waals surface area contributed by atoms with Crippen molar-refractivity contribution in [2.45, 2.75) is 36.6 Å². The van der Waals surface area contributed by atoms with Crippen LogP contribution in [-0.2, 0) is 4.79 Å². The number of nitrogens with one attached hydrogen (secondary N) is 2. The molecule has 0 bridgehead atoms. The van der Waals surface area contributed by atoms with Gasteiger partial charge in [-0.25, -0.2) is 4.39 Å². The van der Waals surface area contributed by atoms with E-state index >= 15 is 0 Å². The molecule has 0 aliphatic carbocycles. The van der Waals surface area contributed by atoms with Crippen molar-refractivity contribution in [3.63, 3.8) is 0 Å². The fraction of sp³-hybridized carbons (Fsp3) is 0.562. The van der Waals surface area contributed by atoms with Crippen LogP contribution in [0.3, 0.4) is 0 Å². The Labute approximate surface area is 129 Å². The van der Waals surface area contributed by atoms with Gasteiger partial charge in [-0.2, -0.15) is 0 Å². The average Bonchev–Trinajstić information content (AvgIpc) is 3.00. The van der Waals surface area contributed by atoms with Gasteiger partial charge in [0.1, 0.15) is 5.82 Å². The molecule has 2 aliphatic rings. The molecule has 2 aliphatic heterocycles. The van der Waals surface area contributed by atoms with E-state index in [1.165, 1.54) is 12.5 Å². The van der Waals surface area contributed by atoms with E-state index < -0.39 is 0 Å². The molecule has 3 rings (SSSR count). The molecule has 0 radical (unpaired) electrons. The van der Waals surface area contributed by atoms with E-state index in [2.05, 4.69) is 10.6 Å². The summed E-state index contributed by atoms with van der Waals surface area (Å²) in [4.78, 5) is 12.8. The Balaban J connectivity index is 1.58. The topological polar surface area (TPSA) is 41.1 Å². The second-order valence-corrected chi connectivity index (χ2v) is 6.92. The number of fused-ring (bicyclic) bond motifs is 1. The van der Waals surface area contributed by atoms with Crippen molar-refractivity contribution in [3.8, 4) is 0 Å². The molecule has 0 saturated carbocycles. The summed E-state index contributed by atoms with van der Waals surface area (Å²) in [7, 11) is 0. The van der Waals surface area contributed by atoms with E-state index in [0.29, 0.717) is 17.2 Å². The molecule has 0 spiro atoms. The van der Waals surface area contributed by atoms with Gasteiger partial charge in [-0.15, -0.1) is 11.8 Å². The summed E-state index contributed by atoms with van der Waals surface area (Å²) in [5, 5.41) is 6.41. The Hall–Kier alpha value is -1.07. The largest absolute Gasteiger partial charge is 0.349 e. The molecule has 114 valence electrons. The zero-order valence-corrected chi connectivity index (χ0v) is 12.8. The van der Waals surface area contributed by atoms with Gasteiger partial charge in [0.2, 0.25) is 5.91 Å². The fourth-order valence-electron chi connectivity index (χ4n) is 3.10. The molecule has 1 aromatic carbocycles. The van der Waals surface area contributed by atoms with Crippen LogP contribution in [0.1, 0.15) is 37.3 Å². The Kier molecular flexibility index (Phi) is 4.80. The molecule has 2 heterocycles. The van der Waals surface area contributed by atoms with Crippen LogP contribution < -0.4 is 10.6 Å². The third-order valence-electron chi connectivity index (χ3n) is 4.30. The lowest BCUT2D eigenvalue weighted by atomic mass is 10.0. The van der Waals surface area contributed by atoms with Crippen LogP contribution in [0.4, 0.5) is 4.39 Å². The molecule has 1 fully saturated rings. The van der Waals surface area contributed by atoms with E-state index in [4.69, 9.17) is 0 Å². The monoisotopic (exact) mass is 308 g/mol. The molecule has 2 unspecified atom stereocenters. The molecule has 21 heavy (non-hydrogen) atoms. The number of rotatable bonds is 4. The molecule has 2 N–H and O–H groups in total. The summed E-state index contributed by atoms with van der Waals surface area (Å²) in [5.41, 5.74) is 0.933. The number of amides is 1. The fourth-order valence-corrected chi connectivity index (χ4v) is 4.24. The summed E-state index contributed by atoms with van der Waals surface area (Å²) in [6.45, 7) is 2.10. The standard InChI is InChI=1S/C16H21FN2OS/c17-13-3-1-2-12-14(7-9-21-16(12)13)19-15(20)5-4-11-6-8-18-10-11/h1-3,11,14,18H,4-10H2,(H,19,20). The van der Waals surface area contributed by atoms with Gasteiger partial charge in [0.15, 0.2) is 0 Å². The number of halogens is 1. The Morgan fingerprint density at radius 1 is 1.43 bits per heavy atom. The molecule has 1 saturated heterocycles. The highest BCUT2D eigenvalue weighted by Crippen LogP contribution is 2.37. The quantitative estimate of drug-likeness (QED) is 0.898. The lowest BCUT2D eigenvalue weighted by molar-refractivity contribution is -0.122. The summed E-state index contributed by atoms with van der Waals surface area (Å²) in [6.07, 6.45) is 3.55. The van der Waals surface area contributed by atoms with Crippen molar-refractivity contribution in [3.05, 3.63) is 29.6 Å². The average molecular weight is 308 g/mol. The van der Waals surface area contributed by atoms with Crippen molar-refractivity contribution in [1.29, 1.82) is 0 Å². The first-order valence-electron chi connectivity index (χ1n) is 7.65. The number of hydrogen-bond donors (Lipinski definition) is 2. The molecule has 0 aromatic heterocycles. The smallest absolute Gasteiger partial charge is 0.220 e. The lowest BCUT2D eigenvalue weighted by Gasteiger charge is -2.26. The Morgan fingerprint density at radius 2 is 2.33 bits per heavy atom. The maximum atomic E-state index is 13.8. The van der Waals surface area contributed by atoms with E-state index in [0.717, 1.165) is 37.2 Å². The van der Waals surface area contributed by atoms with Crippen LogP contribution in [0, 0.1) is 11.7 Å². The molecule has 1 aromatic rings. The van der Waals surface area contributed by atoms with Crippen molar-refractivity contribution < 1.29 is 9.18 Å². The van der Waals surface area contributed by atoms with E-state index in [9.17, 15) is 9.18 Å². The van der Waals surface area contributed by atoms with Crippen molar-refractivity contribution in [2.75, 3.05) is 18.8 Å². The molecule has 3 nitrogen and oxygen atoms in total. The first-order valence-corrected chi connectivity index (χ1v) is 8.64. The highest BCUT2D eigenvalue weighted by Gasteiger charge is 2.24. The zero-order valence-electron chi connectivity index (χ0n) is 12.0. The first kappa shape index (κ1) is 14.9. The van der Waals surface area contributed by atoms with Gasteiger partial charge < -0.3 is 10.6 Å². The van der Waals surface area contributed by atoms with E-state index in [1.54, 1.807) is 17.8 Å². The van der Waals surface area contributed by atoms with Crippen LogP contribution in [0.5, 0.6) is 0 Å². The number of carbonyl (C=O) groups is 1. The predicted octanol–water partition coefficient (Wildman–Crippen LogP) is 2.87. The van der Waals surface area contributed by atoms with Gasteiger partial charge in [0.25, 0.3) is 0 Å². The highest BCUT2D eigenvalue weighted by molar-refractivity contribution is 7.99. The molecular weight excluding hydrogens is 287 g/mol. The van der Waals surface area contributed by atoms with Gasteiger partial charge in [0, 0.05) is 17.1 Å². The van der Waals surface area contributed by atoms with Crippen LogP contribution in [0.25, 0.3) is 0 Å². The Bertz CT molecular complexity index is 517. The van der Waals surface area contributed by atoms with E-state index in [1.807, 2.05) is 6.07 Å². The molecule has 2 atom stereocenters. The summed E-state index contributed by atoms with van der Waals surface area (Å²) in [5.74, 6) is 1.40. The minimum absolute atomic E-state index is 0.0360. The van der Waals surface area contributed by atoms with Crippen LogP contribution >= 0.6 is 11.8 Å². The highest BCUT2D eigenvalue weighted by atomic mass is 32.2. The van der Waals surface area contributed by atoms with Gasteiger partial charge in [-0.05, 0) is 49.9 Å². The second-order valence-electron chi connectivity index (χ2n) is 5.81. The van der Waals surface area contributed by atoms with Crippen molar-refractivity contribution >= 4 is 17.7 Å². The summed E-state index contributed by atoms with van der Waals surface area (Å²) in [6, 6.07) is 5.11. The van der Waals surface area contributed by atoms with Crippen LogP contribution in [-0.4, -0.2) is 24.7 Å². The lowest BCUT2D eigenvalue weighted by Crippen LogP contribution is -2.31. The minimum Gasteiger partial charge on any atom is -0.349 e. The normalized spacial score (nSPS) is 24.6. The third kappa shape index (κ3) is 3.58. The summed E-state index contributed by atoms with van der Waals surface area (Å²) >= 11 is 1.55. The maximum absolute atomic E-state index is 13.8.